The normalized spacial score (nSPS) is 17.5. The van der Waals surface area contributed by atoms with Gasteiger partial charge in [-0.05, 0) is 36.4 Å². The first-order valence-electron chi connectivity index (χ1n) is 7.59. The van der Waals surface area contributed by atoms with Crippen LogP contribution in [-0.4, -0.2) is 60.1 Å². The summed E-state index contributed by atoms with van der Waals surface area (Å²) in [5.74, 6) is 0.307. The van der Waals surface area contributed by atoms with Gasteiger partial charge in [0.05, 0.1) is 6.42 Å². The van der Waals surface area contributed by atoms with Crippen LogP contribution >= 0.6 is 23.4 Å². The van der Waals surface area contributed by atoms with E-state index in [1.807, 2.05) is 24.3 Å². The van der Waals surface area contributed by atoms with E-state index in [1.54, 1.807) is 11.8 Å². The Morgan fingerprint density at radius 2 is 1.92 bits per heavy atom. The number of nitrogens with zero attached hydrogens (tertiary/aromatic N) is 2. The maximum absolute atomic E-state index is 11.9. The molecular weight excluding hydrogens is 350 g/mol. The van der Waals surface area contributed by atoms with Crippen LogP contribution in [0.5, 0.6) is 0 Å². The first-order valence-corrected chi connectivity index (χ1v) is 8.96. The molecule has 4 amide bonds. The van der Waals surface area contributed by atoms with Gasteiger partial charge in [0.1, 0.15) is 6.04 Å². The molecule has 8 heteroatoms. The van der Waals surface area contributed by atoms with Crippen LogP contribution in [0.2, 0.25) is 5.02 Å². The summed E-state index contributed by atoms with van der Waals surface area (Å²) >= 11 is 7.52. The number of rotatable bonds is 7. The van der Waals surface area contributed by atoms with Gasteiger partial charge in [0, 0.05) is 30.6 Å². The minimum atomic E-state index is -0.703. The molecule has 1 atom stereocenters. The number of hydrogen-bond donors (Lipinski definition) is 1. The summed E-state index contributed by atoms with van der Waals surface area (Å²) in [7, 11) is 2.96. The highest BCUT2D eigenvalue weighted by atomic mass is 35.5. The van der Waals surface area contributed by atoms with Crippen molar-refractivity contribution in [3.63, 3.8) is 0 Å². The smallest absolute Gasteiger partial charge is 0.326 e. The van der Waals surface area contributed by atoms with Crippen LogP contribution in [0.1, 0.15) is 12.8 Å². The van der Waals surface area contributed by atoms with Gasteiger partial charge in [-0.2, -0.15) is 0 Å². The van der Waals surface area contributed by atoms with Gasteiger partial charge in [-0.15, -0.1) is 11.8 Å². The fraction of sp³-hybridized carbons (Fsp3) is 0.438. The Morgan fingerprint density at radius 3 is 2.50 bits per heavy atom. The van der Waals surface area contributed by atoms with Gasteiger partial charge >= 0.3 is 6.03 Å². The third kappa shape index (κ3) is 4.64. The van der Waals surface area contributed by atoms with Crippen molar-refractivity contribution < 1.29 is 14.4 Å². The number of halogens is 1. The van der Waals surface area contributed by atoms with Gasteiger partial charge in [-0.25, -0.2) is 4.79 Å². The Labute approximate surface area is 150 Å². The van der Waals surface area contributed by atoms with Crippen molar-refractivity contribution in [3.8, 4) is 0 Å². The summed E-state index contributed by atoms with van der Waals surface area (Å²) in [5, 5.41) is 3.50. The van der Waals surface area contributed by atoms with E-state index in [2.05, 4.69) is 5.32 Å². The minimum absolute atomic E-state index is 0.00423. The summed E-state index contributed by atoms with van der Waals surface area (Å²) < 4.78 is 0. The number of nitrogens with one attached hydrogen (secondary N) is 1. The van der Waals surface area contributed by atoms with E-state index >= 15 is 0 Å². The average Bonchev–Trinajstić information content (AvgIpc) is 2.74. The molecule has 0 saturated carbocycles. The molecule has 6 nitrogen and oxygen atoms in total. The molecule has 1 aromatic rings. The zero-order valence-electron chi connectivity index (χ0n) is 13.6. The average molecular weight is 370 g/mol. The summed E-state index contributed by atoms with van der Waals surface area (Å²) in [5.41, 5.74) is 0. The van der Waals surface area contributed by atoms with E-state index in [-0.39, 0.29) is 24.3 Å². The van der Waals surface area contributed by atoms with Gasteiger partial charge in [-0.1, -0.05) is 11.6 Å². The van der Waals surface area contributed by atoms with Crippen LogP contribution in [0, 0.1) is 0 Å². The summed E-state index contributed by atoms with van der Waals surface area (Å²) in [6.07, 6.45) is 0.808. The van der Waals surface area contributed by atoms with Crippen LogP contribution in [0.3, 0.4) is 0 Å². The third-order valence-corrected chi connectivity index (χ3v) is 5.13. The standard InChI is InChI=1S/C16H20ClN3O3S/c1-19-13(15(22)20(2)16(19)23)10-14(21)18-8-3-9-24-12-6-4-11(17)5-7-12/h4-7,13H,3,8-10H2,1-2H3,(H,18,21). The highest BCUT2D eigenvalue weighted by molar-refractivity contribution is 7.99. The third-order valence-electron chi connectivity index (χ3n) is 3.78. The lowest BCUT2D eigenvalue weighted by Crippen LogP contribution is -2.37. The molecule has 24 heavy (non-hydrogen) atoms. The van der Waals surface area contributed by atoms with E-state index < -0.39 is 6.04 Å². The molecule has 130 valence electrons. The molecule has 0 spiro atoms. The van der Waals surface area contributed by atoms with Crippen LogP contribution in [-0.2, 0) is 9.59 Å². The molecule has 0 radical (unpaired) electrons. The van der Waals surface area contributed by atoms with Gasteiger partial charge in [0.15, 0.2) is 0 Å². The predicted octanol–water partition coefficient (Wildman–Crippen LogP) is 2.22. The largest absolute Gasteiger partial charge is 0.356 e. The van der Waals surface area contributed by atoms with Crippen molar-refractivity contribution in [2.24, 2.45) is 0 Å². The number of imide groups is 1. The monoisotopic (exact) mass is 369 g/mol. The van der Waals surface area contributed by atoms with Gasteiger partial charge < -0.3 is 10.2 Å². The number of amides is 4. The molecule has 0 aliphatic carbocycles. The summed E-state index contributed by atoms with van der Waals surface area (Å²) in [6.45, 7) is 0.536. The Morgan fingerprint density at radius 1 is 1.25 bits per heavy atom. The lowest BCUT2D eigenvalue weighted by molar-refractivity contribution is -0.131. The number of benzene rings is 1. The topological polar surface area (TPSA) is 69.7 Å². The van der Waals surface area contributed by atoms with E-state index in [9.17, 15) is 14.4 Å². The number of urea groups is 1. The molecule has 1 unspecified atom stereocenters. The predicted molar refractivity (Wildman–Crippen MR) is 94.1 cm³/mol. The van der Waals surface area contributed by atoms with Crippen LogP contribution in [0.15, 0.2) is 29.2 Å². The molecular formula is C16H20ClN3O3S. The number of carbonyl (C=O) groups is 3. The van der Waals surface area contributed by atoms with Crippen molar-refractivity contribution in [1.82, 2.24) is 15.1 Å². The van der Waals surface area contributed by atoms with E-state index in [0.717, 1.165) is 22.0 Å². The number of hydrogen-bond acceptors (Lipinski definition) is 4. The van der Waals surface area contributed by atoms with E-state index in [0.29, 0.717) is 11.6 Å². The zero-order valence-corrected chi connectivity index (χ0v) is 15.2. The molecule has 1 saturated heterocycles. The molecule has 1 fully saturated rings. The molecule has 1 N–H and O–H groups in total. The first kappa shape index (κ1) is 18.6. The van der Waals surface area contributed by atoms with E-state index in [4.69, 9.17) is 11.6 Å². The number of likely N-dealkylation sites (N-methyl/N-ethyl adjacent to an activating group) is 2. The van der Waals surface area contributed by atoms with Crippen molar-refractivity contribution in [2.75, 3.05) is 26.4 Å². The van der Waals surface area contributed by atoms with Gasteiger partial charge in [-0.3, -0.25) is 14.5 Å². The van der Waals surface area contributed by atoms with Gasteiger partial charge in [0.25, 0.3) is 5.91 Å². The van der Waals surface area contributed by atoms with Crippen molar-refractivity contribution in [3.05, 3.63) is 29.3 Å². The van der Waals surface area contributed by atoms with Crippen LogP contribution in [0.4, 0.5) is 4.79 Å². The minimum Gasteiger partial charge on any atom is -0.356 e. The molecule has 1 heterocycles. The maximum atomic E-state index is 11.9. The zero-order chi connectivity index (χ0) is 17.7. The molecule has 0 bridgehead atoms. The molecule has 0 aromatic heterocycles. The highest BCUT2D eigenvalue weighted by Crippen LogP contribution is 2.20. The number of carbonyl (C=O) groups excluding carboxylic acids is 3. The quantitative estimate of drug-likeness (QED) is 0.454. The summed E-state index contributed by atoms with van der Waals surface area (Å²) in [4.78, 5) is 38.9. The second-order valence-electron chi connectivity index (χ2n) is 5.52. The van der Waals surface area contributed by atoms with Crippen molar-refractivity contribution >= 4 is 41.2 Å². The SMILES string of the molecule is CN1C(=O)C(CC(=O)NCCCSc2ccc(Cl)cc2)N(C)C1=O. The molecule has 2 rings (SSSR count). The fourth-order valence-electron chi connectivity index (χ4n) is 2.35. The summed E-state index contributed by atoms with van der Waals surface area (Å²) in [6, 6.07) is 6.53. The van der Waals surface area contributed by atoms with Crippen LogP contribution in [0.25, 0.3) is 0 Å². The second kappa shape index (κ2) is 8.39. The Balaban J connectivity index is 1.66. The van der Waals surface area contributed by atoms with Crippen molar-refractivity contribution in [1.29, 1.82) is 0 Å². The van der Waals surface area contributed by atoms with Crippen LogP contribution < -0.4 is 5.32 Å². The molecule has 1 aliphatic rings. The number of thioether (sulfide) groups is 1. The van der Waals surface area contributed by atoms with Gasteiger partial charge in [0.2, 0.25) is 5.91 Å². The van der Waals surface area contributed by atoms with E-state index in [1.165, 1.54) is 19.0 Å². The Kier molecular flexibility index (Phi) is 6.51. The second-order valence-corrected chi connectivity index (χ2v) is 7.12. The lowest BCUT2D eigenvalue weighted by Gasteiger charge is -2.15. The molecule has 1 aromatic carbocycles. The maximum Gasteiger partial charge on any atom is 0.326 e. The highest BCUT2D eigenvalue weighted by Gasteiger charge is 2.41. The molecule has 1 aliphatic heterocycles. The Bertz CT molecular complexity index is 623. The fourth-order valence-corrected chi connectivity index (χ4v) is 3.33. The Hall–Kier alpha value is -1.73. The lowest BCUT2D eigenvalue weighted by atomic mass is 10.2. The first-order chi connectivity index (χ1) is 11.4. The van der Waals surface area contributed by atoms with Crippen molar-refractivity contribution in [2.45, 2.75) is 23.8 Å².